The first-order valence-electron chi connectivity index (χ1n) is 15.9. The first kappa shape index (κ1) is 25.9. The molecule has 9 aromatic rings. The van der Waals surface area contributed by atoms with E-state index < -0.39 is 5.41 Å². The second-order valence-electron chi connectivity index (χ2n) is 12.1. The van der Waals surface area contributed by atoms with Gasteiger partial charge in [-0.15, -0.1) is 0 Å². The van der Waals surface area contributed by atoms with Crippen molar-refractivity contribution in [2.45, 2.75) is 5.41 Å². The molecule has 47 heavy (non-hydrogen) atoms. The van der Waals surface area contributed by atoms with Crippen molar-refractivity contribution in [1.82, 2.24) is 23.9 Å². The number of aromatic nitrogens is 5. The van der Waals surface area contributed by atoms with Crippen molar-refractivity contribution in [1.29, 1.82) is 0 Å². The van der Waals surface area contributed by atoms with E-state index >= 15 is 0 Å². The van der Waals surface area contributed by atoms with E-state index in [1.165, 1.54) is 33.4 Å². The fourth-order valence-electron chi connectivity index (χ4n) is 7.79. The van der Waals surface area contributed by atoms with Crippen LogP contribution in [0.4, 0.5) is 0 Å². The summed E-state index contributed by atoms with van der Waals surface area (Å²) in [4.78, 5) is 14.1. The summed E-state index contributed by atoms with van der Waals surface area (Å²) in [5, 5.41) is 1.14. The molecular formula is C42H27N5. The molecule has 1 aliphatic carbocycles. The Morgan fingerprint density at radius 2 is 1.28 bits per heavy atom. The average Bonchev–Trinajstić information content (AvgIpc) is 3.81. The van der Waals surface area contributed by atoms with E-state index in [0.717, 1.165) is 38.9 Å². The van der Waals surface area contributed by atoms with Gasteiger partial charge in [0.05, 0.1) is 27.7 Å². The van der Waals surface area contributed by atoms with Crippen LogP contribution in [-0.4, -0.2) is 23.9 Å². The Morgan fingerprint density at radius 3 is 2.04 bits per heavy atom. The van der Waals surface area contributed by atoms with E-state index in [0.29, 0.717) is 5.78 Å². The first-order chi connectivity index (χ1) is 23.3. The third-order valence-electron chi connectivity index (χ3n) is 9.75. The predicted octanol–water partition coefficient (Wildman–Crippen LogP) is 9.25. The number of nitrogens with zero attached hydrogens (tertiary/aromatic N) is 5. The largest absolute Gasteiger partial charge is 0.308 e. The highest BCUT2D eigenvalue weighted by Gasteiger charge is 2.46. The lowest BCUT2D eigenvalue weighted by molar-refractivity contribution is 0.769. The molecule has 0 aliphatic heterocycles. The molecule has 0 N–H and O–H groups in total. The molecule has 0 radical (unpaired) electrons. The number of pyridine rings is 1. The lowest BCUT2D eigenvalue weighted by Crippen LogP contribution is -2.28. The van der Waals surface area contributed by atoms with Crippen molar-refractivity contribution in [3.8, 4) is 28.1 Å². The second kappa shape index (κ2) is 9.83. The Labute approximate surface area is 271 Å². The standard InChI is InChI=1S/C42H27N5/c1-3-11-29(12-4-1)42(30-13-5-2-6-14-30)35-16-8-7-15-32(35)33-26-39-34(25-36(33)42)40-38(17-9-22-43-40)47(39)31-20-18-28(19-21-31)37-27-46-24-10-23-44-41(46)45-37/h1-27H. The highest BCUT2D eigenvalue weighted by atomic mass is 15.1. The SMILES string of the molecule is c1ccc(C2(c3ccccc3)c3ccccc3-c3cc4c(cc32)c2ncccc2n4-c2ccc(-c3cn4cccnc4n3)cc2)cc1. The summed E-state index contributed by atoms with van der Waals surface area (Å²) >= 11 is 0. The Bertz CT molecular complexity index is 2540. The summed E-state index contributed by atoms with van der Waals surface area (Å²) in [6, 6.07) is 50.3. The molecule has 4 heterocycles. The Kier molecular flexibility index (Phi) is 5.43. The number of benzene rings is 5. The van der Waals surface area contributed by atoms with Crippen LogP contribution in [0, 0.1) is 0 Å². The smallest absolute Gasteiger partial charge is 0.234 e. The summed E-state index contributed by atoms with van der Waals surface area (Å²) in [7, 11) is 0. The van der Waals surface area contributed by atoms with Crippen LogP contribution in [0.5, 0.6) is 0 Å². The molecule has 0 saturated carbocycles. The van der Waals surface area contributed by atoms with Crippen LogP contribution in [0.3, 0.4) is 0 Å². The number of hydrogen-bond donors (Lipinski definition) is 0. The fourth-order valence-corrected chi connectivity index (χ4v) is 7.79. The van der Waals surface area contributed by atoms with Gasteiger partial charge in [-0.25, -0.2) is 9.97 Å². The summed E-state index contributed by atoms with van der Waals surface area (Å²) in [5.41, 5.74) is 13.4. The molecule has 0 fully saturated rings. The normalized spacial score (nSPS) is 13.3. The van der Waals surface area contributed by atoms with Gasteiger partial charge in [0.15, 0.2) is 0 Å². The molecule has 10 rings (SSSR count). The molecule has 5 heteroatoms. The van der Waals surface area contributed by atoms with Crippen molar-refractivity contribution in [2.75, 3.05) is 0 Å². The van der Waals surface area contributed by atoms with Gasteiger partial charge in [0.2, 0.25) is 5.78 Å². The molecule has 1 aliphatic rings. The fraction of sp³-hybridized carbons (Fsp3) is 0.0238. The van der Waals surface area contributed by atoms with Gasteiger partial charge in [-0.2, -0.15) is 0 Å². The van der Waals surface area contributed by atoms with Crippen molar-refractivity contribution in [3.63, 3.8) is 0 Å². The summed E-state index contributed by atoms with van der Waals surface area (Å²) < 4.78 is 4.30. The molecule has 5 aromatic carbocycles. The predicted molar refractivity (Wildman–Crippen MR) is 188 cm³/mol. The van der Waals surface area contributed by atoms with Crippen molar-refractivity contribution >= 4 is 27.7 Å². The van der Waals surface area contributed by atoms with E-state index in [2.05, 4.69) is 137 Å². The minimum absolute atomic E-state index is 0.462. The lowest BCUT2D eigenvalue weighted by atomic mass is 9.67. The quantitative estimate of drug-likeness (QED) is 0.202. The van der Waals surface area contributed by atoms with Gasteiger partial charge in [-0.1, -0.05) is 97.1 Å². The Balaban J connectivity index is 1.24. The van der Waals surface area contributed by atoms with Gasteiger partial charge in [-0.05, 0) is 75.8 Å². The maximum absolute atomic E-state index is 4.97. The van der Waals surface area contributed by atoms with Crippen LogP contribution in [0.2, 0.25) is 0 Å². The monoisotopic (exact) mass is 601 g/mol. The van der Waals surface area contributed by atoms with Crippen LogP contribution in [0.25, 0.3) is 55.8 Å². The number of hydrogen-bond acceptors (Lipinski definition) is 3. The van der Waals surface area contributed by atoms with E-state index in [9.17, 15) is 0 Å². The van der Waals surface area contributed by atoms with Gasteiger partial charge < -0.3 is 4.57 Å². The highest BCUT2D eigenvalue weighted by Crippen LogP contribution is 2.57. The Hall–Kier alpha value is -6.33. The molecule has 220 valence electrons. The van der Waals surface area contributed by atoms with Crippen LogP contribution < -0.4 is 0 Å². The van der Waals surface area contributed by atoms with Crippen molar-refractivity contribution < 1.29 is 0 Å². The van der Waals surface area contributed by atoms with Gasteiger partial charge in [0.1, 0.15) is 0 Å². The topological polar surface area (TPSA) is 48.0 Å². The highest BCUT2D eigenvalue weighted by molar-refractivity contribution is 6.10. The average molecular weight is 602 g/mol. The maximum atomic E-state index is 4.97. The Morgan fingerprint density at radius 1 is 0.553 bits per heavy atom. The van der Waals surface area contributed by atoms with E-state index in [4.69, 9.17) is 9.97 Å². The van der Waals surface area contributed by atoms with Gasteiger partial charge in [-0.3, -0.25) is 9.38 Å². The van der Waals surface area contributed by atoms with E-state index in [1.54, 1.807) is 6.20 Å². The van der Waals surface area contributed by atoms with Gasteiger partial charge in [0, 0.05) is 41.4 Å². The minimum atomic E-state index is -0.462. The summed E-state index contributed by atoms with van der Waals surface area (Å²) in [6.07, 6.45) is 7.66. The zero-order chi connectivity index (χ0) is 31.0. The zero-order valence-corrected chi connectivity index (χ0v) is 25.3. The van der Waals surface area contributed by atoms with Gasteiger partial charge >= 0.3 is 0 Å². The molecule has 0 bridgehead atoms. The minimum Gasteiger partial charge on any atom is -0.308 e. The van der Waals surface area contributed by atoms with Crippen LogP contribution in [-0.2, 0) is 5.41 Å². The van der Waals surface area contributed by atoms with Crippen LogP contribution in [0.15, 0.2) is 164 Å². The molecule has 0 saturated heterocycles. The van der Waals surface area contributed by atoms with Gasteiger partial charge in [0.25, 0.3) is 0 Å². The van der Waals surface area contributed by atoms with E-state index in [1.807, 2.05) is 35.1 Å². The first-order valence-corrected chi connectivity index (χ1v) is 15.9. The molecule has 5 nitrogen and oxygen atoms in total. The van der Waals surface area contributed by atoms with Crippen LogP contribution in [0.1, 0.15) is 22.3 Å². The molecule has 4 aromatic heterocycles. The molecule has 0 atom stereocenters. The van der Waals surface area contributed by atoms with E-state index in [-0.39, 0.29) is 0 Å². The molecule has 0 amide bonds. The summed E-state index contributed by atoms with van der Waals surface area (Å²) in [6.45, 7) is 0. The van der Waals surface area contributed by atoms with Crippen LogP contribution >= 0.6 is 0 Å². The summed E-state index contributed by atoms with van der Waals surface area (Å²) in [5.74, 6) is 0.691. The van der Waals surface area contributed by atoms with Crippen molar-refractivity contribution in [2.24, 2.45) is 0 Å². The second-order valence-corrected chi connectivity index (χ2v) is 12.1. The third-order valence-corrected chi connectivity index (χ3v) is 9.75. The van der Waals surface area contributed by atoms with Crippen molar-refractivity contribution in [3.05, 3.63) is 187 Å². The molecule has 0 unspecified atom stereocenters. The number of fused-ring (bicyclic) bond motifs is 7. The number of rotatable bonds is 4. The maximum Gasteiger partial charge on any atom is 0.234 e. The zero-order valence-electron chi connectivity index (χ0n) is 25.3. The lowest BCUT2D eigenvalue weighted by Gasteiger charge is -2.33. The molecule has 0 spiro atoms. The third kappa shape index (κ3) is 3.62. The molecular weight excluding hydrogens is 574 g/mol. The number of imidazole rings is 1.